The van der Waals surface area contributed by atoms with Crippen LogP contribution in [0.3, 0.4) is 0 Å². The fourth-order valence-electron chi connectivity index (χ4n) is 7.06. The van der Waals surface area contributed by atoms with Crippen LogP contribution in [0.25, 0.3) is 0 Å². The number of hydrogen-bond donors (Lipinski definition) is 0. The maximum absolute atomic E-state index is 15.8. The molecular formula is C32H37ClF2N8O3. The molecule has 0 N–H and O–H groups in total. The van der Waals surface area contributed by atoms with Gasteiger partial charge in [0, 0.05) is 51.3 Å². The Labute approximate surface area is 272 Å². The van der Waals surface area contributed by atoms with Gasteiger partial charge >= 0.3 is 6.01 Å². The smallest absolute Gasteiger partial charge is 0.318 e. The number of piperazine rings is 1. The molecule has 1 aromatic heterocycles. The third-order valence-corrected chi connectivity index (χ3v) is 9.86. The first-order valence-corrected chi connectivity index (χ1v) is 16.0. The molecule has 0 unspecified atom stereocenters. The number of rotatable bonds is 7. The molecule has 0 aliphatic carbocycles. The van der Waals surface area contributed by atoms with E-state index in [1.165, 1.54) is 9.80 Å². The molecule has 0 spiro atoms. The minimum atomic E-state index is -1.06. The van der Waals surface area contributed by atoms with Gasteiger partial charge in [-0.1, -0.05) is 18.2 Å². The van der Waals surface area contributed by atoms with E-state index in [0.29, 0.717) is 56.2 Å². The van der Waals surface area contributed by atoms with Crippen molar-refractivity contribution >= 4 is 40.6 Å². The van der Waals surface area contributed by atoms with E-state index >= 15 is 4.39 Å². The molecule has 2 fully saturated rings. The van der Waals surface area contributed by atoms with Crippen LogP contribution in [0.2, 0.25) is 5.02 Å². The second-order valence-electron chi connectivity index (χ2n) is 12.4. The number of nitriles is 1. The van der Waals surface area contributed by atoms with Crippen LogP contribution in [0.15, 0.2) is 18.5 Å². The lowest BCUT2D eigenvalue weighted by atomic mass is 9.97. The van der Waals surface area contributed by atoms with E-state index in [1.807, 2.05) is 9.80 Å². The lowest BCUT2D eigenvalue weighted by Crippen LogP contribution is -2.55. The highest BCUT2D eigenvalue weighted by molar-refractivity contribution is 6.31. The van der Waals surface area contributed by atoms with Gasteiger partial charge in [-0.15, -0.1) is 0 Å². The Balaban J connectivity index is 1.36. The minimum absolute atomic E-state index is 0.00212. The number of aromatic nitrogens is 2. The Hall–Kier alpha value is -4.02. The summed E-state index contributed by atoms with van der Waals surface area (Å²) in [5, 5.41) is 9.50. The van der Waals surface area contributed by atoms with Crippen LogP contribution in [-0.4, -0.2) is 97.1 Å². The summed E-state index contributed by atoms with van der Waals surface area (Å²) in [7, 11) is 3.71. The molecule has 4 aliphatic rings. The van der Waals surface area contributed by atoms with Gasteiger partial charge in [-0.05, 0) is 50.9 Å². The second kappa shape index (κ2) is 13.0. The Morgan fingerprint density at radius 3 is 2.65 bits per heavy atom. The molecule has 2 atom stereocenters. The SMILES string of the molecule is C=C(F)C(=O)N1CCN(c2nc(OC[C@@H]3CCCN3C)nc3c2CCN(c2c(F)c(Cl)cc4c2N(C)C(=O)CC4)C3)C[C@@H]1CC#N. The molecule has 244 valence electrons. The standard InChI is InChI=1S/C32H37ClF2N8O3/c1-19(34)31(45)43-14-13-42(16-21(43)8-10-36)30-23-9-12-41(17-25(23)37-32(38-30)46-18-22-5-4-11-39(22)2)29-27(35)24(33)15-20-6-7-26(44)40(3)28(20)29/h15,21-22H,1,4-9,11-14,16-18H2,2-3H3/t21-,22-/m0/s1. The van der Waals surface area contributed by atoms with Crippen molar-refractivity contribution < 1.29 is 23.1 Å². The molecule has 2 amide bonds. The first-order chi connectivity index (χ1) is 22.1. The average molecular weight is 655 g/mol. The number of likely N-dealkylation sites (tertiary alicyclic amines) is 1. The molecule has 0 saturated carbocycles. The number of benzene rings is 1. The fourth-order valence-corrected chi connectivity index (χ4v) is 7.28. The zero-order valence-corrected chi connectivity index (χ0v) is 26.8. The number of ether oxygens (including phenoxy) is 1. The number of carbonyl (C=O) groups is 2. The van der Waals surface area contributed by atoms with Crippen LogP contribution >= 0.6 is 11.6 Å². The third-order valence-electron chi connectivity index (χ3n) is 9.58. The van der Waals surface area contributed by atoms with Gasteiger partial charge in [0.25, 0.3) is 5.91 Å². The monoisotopic (exact) mass is 654 g/mol. The maximum Gasteiger partial charge on any atom is 0.318 e. The summed E-state index contributed by atoms with van der Waals surface area (Å²) >= 11 is 6.37. The topological polar surface area (TPSA) is 109 Å². The van der Waals surface area contributed by atoms with Gasteiger partial charge in [-0.25, -0.2) is 8.78 Å². The van der Waals surface area contributed by atoms with Gasteiger partial charge in [0.15, 0.2) is 11.6 Å². The molecule has 2 saturated heterocycles. The average Bonchev–Trinajstić information content (AvgIpc) is 3.46. The van der Waals surface area contributed by atoms with Gasteiger partial charge in [-0.3, -0.25) is 9.59 Å². The highest BCUT2D eigenvalue weighted by Gasteiger charge is 2.37. The molecule has 11 nitrogen and oxygen atoms in total. The van der Waals surface area contributed by atoms with Crippen molar-refractivity contribution in [2.24, 2.45) is 0 Å². The first-order valence-electron chi connectivity index (χ1n) is 15.6. The van der Waals surface area contributed by atoms with Crippen molar-refractivity contribution in [3.8, 4) is 12.1 Å². The normalized spacial score (nSPS) is 21.6. The number of nitrogens with zero attached hydrogens (tertiary/aromatic N) is 8. The number of carbonyl (C=O) groups excluding carboxylic acids is 2. The Morgan fingerprint density at radius 1 is 1.13 bits per heavy atom. The van der Waals surface area contributed by atoms with Crippen LogP contribution in [0.1, 0.15) is 42.5 Å². The van der Waals surface area contributed by atoms with Gasteiger partial charge < -0.3 is 29.2 Å². The van der Waals surface area contributed by atoms with Crippen LogP contribution < -0.4 is 19.4 Å². The van der Waals surface area contributed by atoms with E-state index in [9.17, 15) is 19.2 Å². The maximum atomic E-state index is 15.8. The van der Waals surface area contributed by atoms with Gasteiger partial charge in [-0.2, -0.15) is 15.2 Å². The van der Waals surface area contributed by atoms with E-state index < -0.39 is 23.6 Å². The lowest BCUT2D eigenvalue weighted by molar-refractivity contribution is -0.131. The van der Waals surface area contributed by atoms with Crippen molar-refractivity contribution in [3.05, 3.63) is 46.1 Å². The van der Waals surface area contributed by atoms with Crippen LogP contribution in [0.4, 0.5) is 26.0 Å². The van der Waals surface area contributed by atoms with Gasteiger partial charge in [0.05, 0.1) is 47.2 Å². The minimum Gasteiger partial charge on any atom is -0.462 e. The number of hydrogen-bond acceptors (Lipinski definition) is 9. The Kier molecular flexibility index (Phi) is 9.03. The zero-order chi connectivity index (χ0) is 32.7. The first kappa shape index (κ1) is 31.9. The molecule has 2 aromatic rings. The Morgan fingerprint density at radius 2 is 1.93 bits per heavy atom. The Bertz CT molecular complexity index is 1620. The summed E-state index contributed by atoms with van der Waals surface area (Å²) < 4.78 is 35.9. The van der Waals surface area contributed by atoms with E-state index in [-0.39, 0.29) is 54.7 Å². The molecule has 5 heterocycles. The molecule has 14 heteroatoms. The van der Waals surface area contributed by atoms with Gasteiger partial charge in [0.2, 0.25) is 5.91 Å². The summed E-state index contributed by atoms with van der Waals surface area (Å²) in [6.07, 6.45) is 3.35. The zero-order valence-electron chi connectivity index (χ0n) is 26.1. The number of amides is 2. The molecular weight excluding hydrogens is 618 g/mol. The number of aryl methyl sites for hydroxylation is 1. The quantitative estimate of drug-likeness (QED) is 0.414. The number of fused-ring (bicyclic) bond motifs is 2. The molecule has 46 heavy (non-hydrogen) atoms. The third kappa shape index (κ3) is 5.96. The molecule has 1 aromatic carbocycles. The van der Waals surface area contributed by atoms with Crippen molar-refractivity contribution in [2.75, 3.05) is 68.1 Å². The van der Waals surface area contributed by atoms with Gasteiger partial charge in [0.1, 0.15) is 12.4 Å². The number of likely N-dealkylation sites (N-methyl/N-ethyl adjacent to an activating group) is 1. The predicted molar refractivity (Wildman–Crippen MR) is 169 cm³/mol. The predicted octanol–water partition coefficient (Wildman–Crippen LogP) is 3.63. The van der Waals surface area contributed by atoms with Crippen molar-refractivity contribution in [3.63, 3.8) is 0 Å². The van der Waals surface area contributed by atoms with Crippen LogP contribution in [0, 0.1) is 17.1 Å². The second-order valence-corrected chi connectivity index (χ2v) is 12.8. The summed E-state index contributed by atoms with van der Waals surface area (Å²) in [5.41, 5.74) is 3.11. The van der Waals surface area contributed by atoms with Crippen LogP contribution in [-0.2, 0) is 29.0 Å². The van der Waals surface area contributed by atoms with E-state index in [0.717, 1.165) is 30.5 Å². The number of anilines is 3. The summed E-state index contributed by atoms with van der Waals surface area (Å²) in [4.78, 5) is 43.8. The van der Waals surface area contributed by atoms with Crippen molar-refractivity contribution in [2.45, 2.75) is 57.2 Å². The highest BCUT2D eigenvalue weighted by Crippen LogP contribution is 2.44. The lowest BCUT2D eigenvalue weighted by Gasteiger charge is -2.42. The molecule has 0 bridgehead atoms. The largest absolute Gasteiger partial charge is 0.462 e. The number of halogens is 3. The van der Waals surface area contributed by atoms with E-state index in [4.69, 9.17) is 26.3 Å². The summed E-state index contributed by atoms with van der Waals surface area (Å²) in [6.45, 7) is 5.96. The van der Waals surface area contributed by atoms with Crippen molar-refractivity contribution in [1.29, 1.82) is 5.26 Å². The summed E-state index contributed by atoms with van der Waals surface area (Å²) in [6, 6.07) is 3.55. The summed E-state index contributed by atoms with van der Waals surface area (Å²) in [5.74, 6) is -1.94. The molecule has 6 rings (SSSR count). The van der Waals surface area contributed by atoms with E-state index in [1.54, 1.807) is 13.1 Å². The molecule has 0 radical (unpaired) electrons. The van der Waals surface area contributed by atoms with Crippen molar-refractivity contribution in [1.82, 2.24) is 19.8 Å². The highest BCUT2D eigenvalue weighted by atomic mass is 35.5. The van der Waals surface area contributed by atoms with E-state index in [2.05, 4.69) is 24.6 Å². The fraction of sp³-hybridized carbons (Fsp3) is 0.531. The molecule has 4 aliphatic heterocycles. The van der Waals surface area contributed by atoms with Crippen LogP contribution in [0.5, 0.6) is 6.01 Å².